The molecule has 11 nitrogen and oxygen atoms in total. The number of hydrogen-bond donors (Lipinski definition) is 3. The summed E-state index contributed by atoms with van der Waals surface area (Å²) in [5, 5.41) is 17.6. The summed E-state index contributed by atoms with van der Waals surface area (Å²) in [6.45, 7) is 15.7. The van der Waals surface area contributed by atoms with E-state index < -0.39 is 24.0 Å². The van der Waals surface area contributed by atoms with Crippen LogP contribution in [0.3, 0.4) is 0 Å². The van der Waals surface area contributed by atoms with Gasteiger partial charge in [0.05, 0.1) is 19.0 Å². The van der Waals surface area contributed by atoms with Crippen LogP contribution in [0.15, 0.2) is 35.7 Å². The number of hydrogen-bond acceptors (Lipinski definition) is 8. The first kappa shape index (κ1) is 45.7. The number of unbranched alkanes of at least 4 members (excludes halogenated alkanes) is 2. The average Bonchev–Trinajstić information content (AvgIpc) is 3.60. The van der Waals surface area contributed by atoms with E-state index in [9.17, 15) is 24.3 Å². The lowest BCUT2D eigenvalue weighted by atomic mass is 9.96. The summed E-state index contributed by atoms with van der Waals surface area (Å²) in [5.74, 6) is -2.21. The number of rotatable bonds is 23. The van der Waals surface area contributed by atoms with Gasteiger partial charge >= 0.3 is 5.97 Å². The van der Waals surface area contributed by atoms with Crippen LogP contribution in [0.1, 0.15) is 121 Å². The summed E-state index contributed by atoms with van der Waals surface area (Å²) in [6.07, 6.45) is 6.28. The first-order valence-electron chi connectivity index (χ1n) is 18.6. The van der Waals surface area contributed by atoms with Crippen molar-refractivity contribution in [1.82, 2.24) is 25.4 Å². The van der Waals surface area contributed by atoms with Gasteiger partial charge in [-0.1, -0.05) is 98.1 Å². The molecule has 0 aliphatic rings. The minimum atomic E-state index is -0.912. The molecule has 2 rings (SSSR count). The van der Waals surface area contributed by atoms with Crippen molar-refractivity contribution in [1.29, 1.82) is 0 Å². The van der Waals surface area contributed by atoms with E-state index in [0.717, 1.165) is 31.4 Å². The lowest BCUT2D eigenvalue weighted by Gasteiger charge is -2.34. The van der Waals surface area contributed by atoms with E-state index in [-0.39, 0.29) is 54.9 Å². The number of aromatic nitrogens is 1. The summed E-state index contributed by atoms with van der Waals surface area (Å²) in [5.41, 5.74) is 1.24. The van der Waals surface area contributed by atoms with Crippen molar-refractivity contribution in [3.63, 3.8) is 0 Å². The maximum atomic E-state index is 13.4. The first-order valence-corrected chi connectivity index (χ1v) is 19.5. The van der Waals surface area contributed by atoms with Crippen LogP contribution in [0.2, 0.25) is 0 Å². The molecule has 51 heavy (non-hydrogen) atoms. The molecule has 1 heterocycles. The number of benzene rings is 1. The topological polar surface area (TPSA) is 141 Å². The molecule has 0 saturated carbocycles. The molecular formula is C39H65N5O6S. The van der Waals surface area contributed by atoms with Crippen LogP contribution >= 0.6 is 11.3 Å². The van der Waals surface area contributed by atoms with Crippen molar-refractivity contribution in [3.8, 4) is 0 Å². The monoisotopic (exact) mass is 731 g/mol. The molecule has 1 aromatic heterocycles. The Morgan fingerprint density at radius 2 is 1.61 bits per heavy atom. The molecule has 2 aromatic rings. The number of likely N-dealkylation sites (N-methyl/N-ethyl adjacent to an activating group) is 2. The second-order valence-electron chi connectivity index (χ2n) is 13.7. The number of carboxylic acid groups (broad SMARTS) is 1. The first-order chi connectivity index (χ1) is 24.3. The van der Waals surface area contributed by atoms with Gasteiger partial charge in [-0.05, 0) is 50.8 Å². The molecule has 12 heteroatoms. The Hall–Kier alpha value is -3.35. The van der Waals surface area contributed by atoms with E-state index in [1.165, 1.54) is 24.2 Å². The second-order valence-corrected chi connectivity index (χ2v) is 14.6. The third-order valence-electron chi connectivity index (χ3n) is 8.63. The van der Waals surface area contributed by atoms with Gasteiger partial charge in [-0.25, -0.2) is 4.98 Å². The van der Waals surface area contributed by atoms with Crippen LogP contribution in [-0.2, 0) is 25.5 Å². The second kappa shape index (κ2) is 25.6. The van der Waals surface area contributed by atoms with Crippen LogP contribution in [0, 0.1) is 11.8 Å². The number of carbonyl (C=O) groups excluding carboxylic acids is 3. The molecule has 3 amide bonds. The van der Waals surface area contributed by atoms with E-state index in [4.69, 9.17) is 4.74 Å². The number of carbonyl (C=O) groups is 4. The zero-order valence-electron chi connectivity index (χ0n) is 32.6. The van der Waals surface area contributed by atoms with Crippen molar-refractivity contribution in [2.24, 2.45) is 11.8 Å². The van der Waals surface area contributed by atoms with Crippen LogP contribution < -0.4 is 10.6 Å². The van der Waals surface area contributed by atoms with Gasteiger partial charge in [0.2, 0.25) is 11.8 Å². The van der Waals surface area contributed by atoms with Crippen molar-refractivity contribution in [2.75, 3.05) is 40.3 Å². The maximum Gasteiger partial charge on any atom is 0.306 e. The SMILES string of the molecule is CCCC.CCCCN(C)CC(=O)NCC(=O)N(C)C(C[C@@H](OCCC)c1nc(C(=O)N[C@@H](Cc2ccccc2)C[C@@H](C)C(=O)O)cs1)C(C)C. The Bertz CT molecular complexity index is 1290. The molecule has 0 fully saturated rings. The van der Waals surface area contributed by atoms with E-state index in [0.29, 0.717) is 24.5 Å². The molecule has 0 aliphatic heterocycles. The summed E-state index contributed by atoms with van der Waals surface area (Å²) < 4.78 is 6.23. The molecule has 0 spiro atoms. The van der Waals surface area contributed by atoms with Gasteiger partial charge in [-0.15, -0.1) is 11.3 Å². The third-order valence-corrected chi connectivity index (χ3v) is 9.57. The number of carboxylic acids is 1. The number of ether oxygens (including phenoxy) is 1. The molecular weight excluding hydrogens is 667 g/mol. The Kier molecular flexibility index (Phi) is 22.9. The minimum absolute atomic E-state index is 0.0882. The van der Waals surface area contributed by atoms with Gasteiger partial charge in [-0.3, -0.25) is 24.1 Å². The van der Waals surface area contributed by atoms with E-state index in [1.54, 1.807) is 24.3 Å². The highest BCUT2D eigenvalue weighted by Gasteiger charge is 2.30. The molecule has 0 saturated heterocycles. The highest BCUT2D eigenvalue weighted by Crippen LogP contribution is 2.30. The zero-order valence-corrected chi connectivity index (χ0v) is 33.4. The summed E-state index contributed by atoms with van der Waals surface area (Å²) >= 11 is 1.33. The number of nitrogens with zero attached hydrogens (tertiary/aromatic N) is 3. The normalized spacial score (nSPS) is 13.5. The number of amides is 3. The minimum Gasteiger partial charge on any atom is -0.481 e. The Labute approximate surface area is 310 Å². The predicted octanol–water partition coefficient (Wildman–Crippen LogP) is 6.59. The van der Waals surface area contributed by atoms with Crippen molar-refractivity contribution < 1.29 is 29.0 Å². The van der Waals surface area contributed by atoms with E-state index in [1.807, 2.05) is 63.1 Å². The fraction of sp³-hybridized carbons (Fsp3) is 0.667. The summed E-state index contributed by atoms with van der Waals surface area (Å²) in [4.78, 5) is 58.8. The Morgan fingerprint density at radius 1 is 0.941 bits per heavy atom. The summed E-state index contributed by atoms with van der Waals surface area (Å²) in [7, 11) is 3.64. The molecule has 1 aromatic carbocycles. The predicted molar refractivity (Wildman–Crippen MR) is 206 cm³/mol. The van der Waals surface area contributed by atoms with Crippen LogP contribution in [0.25, 0.3) is 0 Å². The van der Waals surface area contributed by atoms with Crippen LogP contribution in [0.5, 0.6) is 0 Å². The smallest absolute Gasteiger partial charge is 0.306 e. The molecule has 4 atom stereocenters. The van der Waals surface area contributed by atoms with Crippen LogP contribution in [0.4, 0.5) is 0 Å². The van der Waals surface area contributed by atoms with Crippen LogP contribution in [-0.4, -0.2) is 96.0 Å². The third kappa shape index (κ3) is 18.1. The van der Waals surface area contributed by atoms with Crippen molar-refractivity contribution >= 4 is 35.0 Å². The maximum absolute atomic E-state index is 13.4. The van der Waals surface area contributed by atoms with Gasteiger partial charge < -0.3 is 25.4 Å². The molecule has 288 valence electrons. The van der Waals surface area contributed by atoms with Gasteiger partial charge in [0, 0.05) is 37.5 Å². The lowest BCUT2D eigenvalue weighted by molar-refractivity contribution is -0.141. The van der Waals surface area contributed by atoms with Crippen molar-refractivity contribution in [3.05, 3.63) is 52.0 Å². The van der Waals surface area contributed by atoms with Gasteiger partial charge in [0.1, 0.15) is 16.8 Å². The molecule has 0 bridgehead atoms. The Balaban J connectivity index is 0.00000308. The van der Waals surface area contributed by atoms with Gasteiger partial charge in [0.15, 0.2) is 0 Å². The fourth-order valence-electron chi connectivity index (χ4n) is 5.31. The largest absolute Gasteiger partial charge is 0.481 e. The molecule has 0 aliphatic carbocycles. The van der Waals surface area contributed by atoms with Gasteiger partial charge in [-0.2, -0.15) is 0 Å². The van der Waals surface area contributed by atoms with E-state index in [2.05, 4.69) is 36.4 Å². The lowest BCUT2D eigenvalue weighted by Crippen LogP contribution is -2.47. The number of nitrogens with one attached hydrogen (secondary N) is 2. The van der Waals surface area contributed by atoms with Gasteiger partial charge in [0.25, 0.3) is 5.91 Å². The molecule has 1 unspecified atom stereocenters. The highest BCUT2D eigenvalue weighted by molar-refractivity contribution is 7.09. The summed E-state index contributed by atoms with van der Waals surface area (Å²) in [6, 6.07) is 9.05. The Morgan fingerprint density at radius 3 is 2.18 bits per heavy atom. The van der Waals surface area contributed by atoms with E-state index >= 15 is 0 Å². The molecule has 3 N–H and O–H groups in total. The highest BCUT2D eigenvalue weighted by atomic mass is 32.1. The quantitative estimate of drug-likeness (QED) is 0.116. The number of aliphatic carboxylic acids is 1. The van der Waals surface area contributed by atoms with Crippen molar-refractivity contribution in [2.45, 2.75) is 118 Å². The number of thiazole rings is 1. The fourth-order valence-corrected chi connectivity index (χ4v) is 6.17. The molecule has 0 radical (unpaired) electrons. The standard InChI is InChI=1S/C35H55N5O6S.C4H10/c1-8-10-16-39(6)22-31(41)36-21-32(42)40(7)29(24(3)4)20-30(46-17-9-2)34-38-28(23-47-34)33(43)37-27(18-25(5)35(44)45)19-26-14-12-11-13-15-26;1-3-4-2/h11-15,23-25,27,29-30H,8-10,16-22H2,1-7H3,(H,36,41)(H,37,43)(H,44,45);3-4H2,1-2H3/t25-,27-,29?,30-;/m1./s1. The average molecular weight is 732 g/mol. The zero-order chi connectivity index (χ0) is 38.3.